The van der Waals surface area contributed by atoms with Crippen LogP contribution in [0.15, 0.2) is 36.4 Å². The van der Waals surface area contributed by atoms with Crippen molar-refractivity contribution in [2.45, 2.75) is 20.8 Å². The van der Waals surface area contributed by atoms with Gasteiger partial charge in [0.1, 0.15) is 11.6 Å². The molecule has 3 aromatic rings. The zero-order valence-corrected chi connectivity index (χ0v) is 16.2. The molecule has 3 rings (SSSR count). The minimum absolute atomic E-state index is 0.204. The first-order valence-corrected chi connectivity index (χ1v) is 8.98. The molecule has 0 fully saturated rings. The van der Waals surface area contributed by atoms with E-state index in [1.54, 1.807) is 28.9 Å². The van der Waals surface area contributed by atoms with Crippen LogP contribution in [0.4, 0.5) is 5.82 Å². The van der Waals surface area contributed by atoms with Crippen molar-refractivity contribution in [3.63, 3.8) is 0 Å². The Balaban J connectivity index is 1.61. The van der Waals surface area contributed by atoms with Gasteiger partial charge in [0, 0.05) is 24.8 Å². The smallest absolute Gasteiger partial charge is 0.252 e. The van der Waals surface area contributed by atoms with E-state index in [0.29, 0.717) is 41.1 Å². The van der Waals surface area contributed by atoms with Crippen LogP contribution in [0.1, 0.15) is 27.6 Å². The van der Waals surface area contributed by atoms with Gasteiger partial charge < -0.3 is 10.6 Å². The lowest BCUT2D eigenvalue weighted by Gasteiger charge is -2.10. The molecule has 0 aliphatic carbocycles. The van der Waals surface area contributed by atoms with Gasteiger partial charge in [0.15, 0.2) is 5.82 Å². The van der Waals surface area contributed by atoms with Crippen molar-refractivity contribution in [1.29, 1.82) is 0 Å². The summed E-state index contributed by atoms with van der Waals surface area (Å²) in [6.45, 7) is 6.71. The molecule has 2 N–H and O–H groups in total. The maximum atomic E-state index is 12.1. The highest BCUT2D eigenvalue weighted by molar-refractivity contribution is 6.33. The number of hydrogen-bond acceptors (Lipinski definition) is 5. The van der Waals surface area contributed by atoms with Crippen LogP contribution in [0.3, 0.4) is 0 Å². The number of carbonyl (C=O) groups is 1. The first kappa shape index (κ1) is 18.8. The summed E-state index contributed by atoms with van der Waals surface area (Å²) in [5.41, 5.74) is 2.40. The summed E-state index contributed by atoms with van der Waals surface area (Å²) in [6, 6.07) is 10.8. The third-order valence-corrected chi connectivity index (χ3v) is 4.22. The predicted octanol–water partition coefficient (Wildman–Crippen LogP) is 3.08. The second-order valence-electron chi connectivity index (χ2n) is 6.16. The number of hydrogen-bond donors (Lipinski definition) is 2. The monoisotopic (exact) mass is 384 g/mol. The number of carbonyl (C=O) groups excluding carboxylic acids is 1. The molecule has 7 nitrogen and oxygen atoms in total. The van der Waals surface area contributed by atoms with Crippen LogP contribution in [-0.2, 0) is 0 Å². The highest BCUT2D eigenvalue weighted by Gasteiger charge is 2.10. The Morgan fingerprint density at radius 3 is 2.59 bits per heavy atom. The normalized spacial score (nSPS) is 10.7. The molecule has 140 valence electrons. The molecule has 0 atom stereocenters. The lowest BCUT2D eigenvalue weighted by Crippen LogP contribution is -2.29. The van der Waals surface area contributed by atoms with Gasteiger partial charge in [0.2, 0.25) is 0 Å². The molecule has 1 amide bonds. The second-order valence-corrected chi connectivity index (χ2v) is 6.57. The van der Waals surface area contributed by atoms with Crippen LogP contribution in [0, 0.1) is 20.8 Å². The van der Waals surface area contributed by atoms with Gasteiger partial charge >= 0.3 is 0 Å². The van der Waals surface area contributed by atoms with Crippen LogP contribution in [0.5, 0.6) is 0 Å². The standard InChI is InChI=1S/C19H21ClN6O/c1-12-10-13(2)26(25-12)18-11-17(23-14(3)24-18)21-8-9-22-19(27)15-6-4-5-7-16(15)20/h4-7,10-11H,8-9H2,1-3H3,(H,22,27)(H,21,23,24). The van der Waals surface area contributed by atoms with Gasteiger partial charge in [-0.2, -0.15) is 5.10 Å². The van der Waals surface area contributed by atoms with E-state index in [1.165, 1.54) is 0 Å². The maximum Gasteiger partial charge on any atom is 0.252 e. The summed E-state index contributed by atoms with van der Waals surface area (Å²) < 4.78 is 1.79. The van der Waals surface area contributed by atoms with Crippen molar-refractivity contribution in [2.24, 2.45) is 0 Å². The van der Waals surface area contributed by atoms with Gasteiger partial charge in [-0.1, -0.05) is 23.7 Å². The van der Waals surface area contributed by atoms with E-state index in [-0.39, 0.29) is 5.91 Å². The Bertz CT molecular complexity index is 969. The summed E-state index contributed by atoms with van der Waals surface area (Å²) in [6.07, 6.45) is 0. The molecule has 0 bridgehead atoms. The number of nitrogens with zero attached hydrogens (tertiary/aromatic N) is 4. The third kappa shape index (κ3) is 4.62. The molecule has 2 aromatic heterocycles. The first-order chi connectivity index (χ1) is 12.9. The molecular formula is C19H21ClN6O. The van der Waals surface area contributed by atoms with E-state index in [0.717, 1.165) is 11.4 Å². The lowest BCUT2D eigenvalue weighted by atomic mass is 10.2. The Morgan fingerprint density at radius 1 is 1.11 bits per heavy atom. The fraction of sp³-hybridized carbons (Fsp3) is 0.263. The molecule has 0 saturated heterocycles. The quantitative estimate of drug-likeness (QED) is 0.638. The summed E-state index contributed by atoms with van der Waals surface area (Å²) in [5.74, 6) is 1.82. The first-order valence-electron chi connectivity index (χ1n) is 8.60. The van der Waals surface area contributed by atoms with E-state index >= 15 is 0 Å². The van der Waals surface area contributed by atoms with Gasteiger partial charge in [0.25, 0.3) is 5.91 Å². The van der Waals surface area contributed by atoms with Gasteiger partial charge in [-0.05, 0) is 39.0 Å². The fourth-order valence-corrected chi connectivity index (χ4v) is 2.94. The summed E-state index contributed by atoms with van der Waals surface area (Å²) in [7, 11) is 0. The molecule has 27 heavy (non-hydrogen) atoms. The van der Waals surface area contributed by atoms with E-state index in [1.807, 2.05) is 32.9 Å². The molecule has 0 radical (unpaired) electrons. The number of halogens is 1. The van der Waals surface area contributed by atoms with Crippen LogP contribution < -0.4 is 10.6 Å². The molecule has 8 heteroatoms. The molecule has 0 aliphatic rings. The topological polar surface area (TPSA) is 84.7 Å². The highest BCUT2D eigenvalue weighted by Crippen LogP contribution is 2.15. The van der Waals surface area contributed by atoms with Crippen LogP contribution in [0.25, 0.3) is 5.82 Å². The van der Waals surface area contributed by atoms with Gasteiger partial charge in [-0.15, -0.1) is 0 Å². The second kappa shape index (κ2) is 8.18. The van der Waals surface area contributed by atoms with Gasteiger partial charge in [-0.25, -0.2) is 14.6 Å². The maximum absolute atomic E-state index is 12.1. The fourth-order valence-electron chi connectivity index (χ4n) is 2.72. The molecule has 1 aromatic carbocycles. The van der Waals surface area contributed by atoms with E-state index < -0.39 is 0 Å². The van der Waals surface area contributed by atoms with E-state index in [2.05, 4.69) is 25.7 Å². The minimum atomic E-state index is -0.204. The largest absolute Gasteiger partial charge is 0.368 e. The van der Waals surface area contributed by atoms with Crippen molar-refractivity contribution in [3.8, 4) is 5.82 Å². The predicted molar refractivity (Wildman–Crippen MR) is 106 cm³/mol. The van der Waals surface area contributed by atoms with Crippen molar-refractivity contribution in [3.05, 3.63) is 64.2 Å². The summed E-state index contributed by atoms with van der Waals surface area (Å²) in [4.78, 5) is 21.0. The molecule has 0 saturated carbocycles. The van der Waals surface area contributed by atoms with Crippen LogP contribution in [-0.4, -0.2) is 38.7 Å². The number of benzene rings is 1. The highest BCUT2D eigenvalue weighted by atomic mass is 35.5. The number of aromatic nitrogens is 4. The number of aryl methyl sites for hydroxylation is 3. The zero-order valence-electron chi connectivity index (χ0n) is 15.5. The minimum Gasteiger partial charge on any atom is -0.368 e. The van der Waals surface area contributed by atoms with Crippen molar-refractivity contribution in [2.75, 3.05) is 18.4 Å². The van der Waals surface area contributed by atoms with Crippen molar-refractivity contribution >= 4 is 23.3 Å². The SMILES string of the molecule is Cc1cc(C)n(-c2cc(NCCNC(=O)c3ccccc3Cl)nc(C)n2)n1. The Labute approximate surface area is 162 Å². The number of anilines is 1. The van der Waals surface area contributed by atoms with E-state index in [4.69, 9.17) is 11.6 Å². The Morgan fingerprint density at radius 2 is 1.89 bits per heavy atom. The van der Waals surface area contributed by atoms with E-state index in [9.17, 15) is 4.79 Å². The summed E-state index contributed by atoms with van der Waals surface area (Å²) >= 11 is 6.03. The van der Waals surface area contributed by atoms with Crippen molar-refractivity contribution in [1.82, 2.24) is 25.1 Å². The van der Waals surface area contributed by atoms with Gasteiger partial charge in [-0.3, -0.25) is 4.79 Å². The van der Waals surface area contributed by atoms with Crippen LogP contribution in [0.2, 0.25) is 5.02 Å². The lowest BCUT2D eigenvalue weighted by molar-refractivity contribution is 0.0955. The number of rotatable bonds is 6. The zero-order chi connectivity index (χ0) is 19.4. The molecule has 0 spiro atoms. The van der Waals surface area contributed by atoms with Crippen LogP contribution >= 0.6 is 11.6 Å². The Hall–Kier alpha value is -2.93. The van der Waals surface area contributed by atoms with Gasteiger partial charge in [0.05, 0.1) is 16.3 Å². The van der Waals surface area contributed by atoms with Crippen molar-refractivity contribution < 1.29 is 4.79 Å². The summed E-state index contributed by atoms with van der Waals surface area (Å²) in [5, 5.41) is 10.9. The average molecular weight is 385 g/mol. The molecule has 2 heterocycles. The molecule has 0 unspecified atom stereocenters. The number of nitrogens with one attached hydrogen (secondary N) is 2. The number of amides is 1. The third-order valence-electron chi connectivity index (χ3n) is 3.89. The average Bonchev–Trinajstić information content (AvgIpc) is 2.97. The Kier molecular flexibility index (Phi) is 5.71. The molecular weight excluding hydrogens is 364 g/mol. The molecule has 0 aliphatic heterocycles.